The monoisotopic (exact) mass is 315 g/mol. The van der Waals surface area contributed by atoms with Crippen LogP contribution in [0.2, 0.25) is 0 Å². The summed E-state index contributed by atoms with van der Waals surface area (Å²) in [5.41, 5.74) is 0.877. The number of rotatable bonds is 6. The lowest BCUT2D eigenvalue weighted by molar-refractivity contribution is -0.139. The standard InChI is InChI=1S/C14H21NO5S/c1-14(2,3)10-4-6-11(7-5-10)21(19,20)15-12(8-9-16)13(17)18/h4-7,12,15-16H,8-9H2,1-3H3,(H,17,18)/t12-/m1/s1. The SMILES string of the molecule is CC(C)(C)c1ccc(S(=O)(=O)N[C@H](CCO)C(=O)O)cc1. The second kappa shape index (κ2) is 6.55. The number of aliphatic carboxylic acids is 1. The first-order chi connectivity index (χ1) is 9.58. The molecule has 1 aromatic carbocycles. The molecule has 1 rings (SSSR count). The highest BCUT2D eigenvalue weighted by Crippen LogP contribution is 2.23. The highest BCUT2D eigenvalue weighted by molar-refractivity contribution is 7.89. The molecule has 0 aromatic heterocycles. The van der Waals surface area contributed by atoms with E-state index in [2.05, 4.69) is 4.72 Å². The topological polar surface area (TPSA) is 104 Å². The van der Waals surface area contributed by atoms with E-state index in [0.29, 0.717) is 0 Å². The summed E-state index contributed by atoms with van der Waals surface area (Å²) in [5, 5.41) is 17.7. The van der Waals surface area contributed by atoms with Crippen LogP contribution in [0.3, 0.4) is 0 Å². The summed E-state index contributed by atoms with van der Waals surface area (Å²) in [6, 6.07) is 4.95. The van der Waals surface area contributed by atoms with Gasteiger partial charge in [0.05, 0.1) is 4.90 Å². The predicted molar refractivity (Wildman–Crippen MR) is 78.6 cm³/mol. The number of nitrogens with one attached hydrogen (secondary N) is 1. The minimum Gasteiger partial charge on any atom is -0.480 e. The van der Waals surface area contributed by atoms with Crippen molar-refractivity contribution in [2.75, 3.05) is 6.61 Å². The third-order valence-corrected chi connectivity index (χ3v) is 4.53. The molecule has 6 nitrogen and oxygen atoms in total. The van der Waals surface area contributed by atoms with Gasteiger partial charge < -0.3 is 10.2 Å². The van der Waals surface area contributed by atoms with E-state index in [4.69, 9.17) is 10.2 Å². The normalized spacial score (nSPS) is 13.9. The Labute approximate surface area is 124 Å². The number of carboxylic acid groups (broad SMARTS) is 1. The number of carbonyl (C=O) groups is 1. The van der Waals surface area contributed by atoms with Crippen molar-refractivity contribution in [1.29, 1.82) is 0 Å². The van der Waals surface area contributed by atoms with Gasteiger partial charge in [0.25, 0.3) is 0 Å². The Morgan fingerprint density at radius 1 is 1.24 bits per heavy atom. The van der Waals surface area contributed by atoms with E-state index in [9.17, 15) is 13.2 Å². The van der Waals surface area contributed by atoms with Crippen LogP contribution in [0.15, 0.2) is 29.2 Å². The minimum atomic E-state index is -3.93. The lowest BCUT2D eigenvalue weighted by Gasteiger charge is -2.19. The van der Waals surface area contributed by atoms with Crippen LogP contribution >= 0.6 is 0 Å². The third-order valence-electron chi connectivity index (χ3n) is 3.04. The molecule has 0 amide bonds. The summed E-state index contributed by atoms with van der Waals surface area (Å²) in [7, 11) is -3.93. The third kappa shape index (κ3) is 4.80. The van der Waals surface area contributed by atoms with Crippen molar-refractivity contribution in [3.63, 3.8) is 0 Å². The summed E-state index contributed by atoms with van der Waals surface area (Å²) in [6.07, 6.45) is -0.186. The van der Waals surface area contributed by atoms with Crippen molar-refractivity contribution in [2.24, 2.45) is 0 Å². The molecule has 0 unspecified atom stereocenters. The molecule has 118 valence electrons. The Hall–Kier alpha value is -1.44. The van der Waals surface area contributed by atoms with Crippen LogP contribution < -0.4 is 4.72 Å². The molecule has 7 heteroatoms. The fourth-order valence-electron chi connectivity index (χ4n) is 1.75. The van der Waals surface area contributed by atoms with Crippen LogP contribution in [0.4, 0.5) is 0 Å². The minimum absolute atomic E-state index is 0.000287. The van der Waals surface area contributed by atoms with Gasteiger partial charge in [0, 0.05) is 6.61 Å². The van der Waals surface area contributed by atoms with Crippen LogP contribution in [0.5, 0.6) is 0 Å². The van der Waals surface area contributed by atoms with Gasteiger partial charge in [-0.25, -0.2) is 8.42 Å². The Kier molecular flexibility index (Phi) is 5.49. The lowest BCUT2D eigenvalue weighted by atomic mass is 9.87. The summed E-state index contributed by atoms with van der Waals surface area (Å²) < 4.78 is 26.3. The maximum Gasteiger partial charge on any atom is 0.321 e. The van der Waals surface area contributed by atoms with Gasteiger partial charge in [-0.05, 0) is 29.5 Å². The molecular formula is C14H21NO5S. The fraction of sp³-hybridized carbons (Fsp3) is 0.500. The quantitative estimate of drug-likeness (QED) is 0.729. The molecule has 1 aromatic rings. The molecule has 0 spiro atoms. The molecule has 0 aliphatic carbocycles. The van der Waals surface area contributed by atoms with Crippen molar-refractivity contribution in [2.45, 2.75) is 43.5 Å². The van der Waals surface area contributed by atoms with Crippen LogP contribution in [-0.2, 0) is 20.2 Å². The van der Waals surface area contributed by atoms with E-state index < -0.39 is 28.6 Å². The first kappa shape index (κ1) is 17.6. The largest absolute Gasteiger partial charge is 0.480 e. The number of aliphatic hydroxyl groups excluding tert-OH is 1. The zero-order chi connectivity index (χ0) is 16.3. The van der Waals surface area contributed by atoms with Crippen LogP contribution in [0.25, 0.3) is 0 Å². The molecule has 0 heterocycles. The molecule has 3 N–H and O–H groups in total. The Morgan fingerprint density at radius 2 is 1.76 bits per heavy atom. The van der Waals surface area contributed by atoms with Crippen molar-refractivity contribution in [3.8, 4) is 0 Å². The maximum absolute atomic E-state index is 12.1. The second-order valence-corrected chi connectivity index (χ2v) is 7.51. The average molecular weight is 315 g/mol. The zero-order valence-corrected chi connectivity index (χ0v) is 13.1. The Balaban J connectivity index is 3.00. The molecule has 0 radical (unpaired) electrons. The van der Waals surface area contributed by atoms with E-state index >= 15 is 0 Å². The molecule has 21 heavy (non-hydrogen) atoms. The summed E-state index contributed by atoms with van der Waals surface area (Å²) >= 11 is 0. The first-order valence-corrected chi connectivity index (χ1v) is 8.03. The fourth-order valence-corrected chi connectivity index (χ4v) is 2.98. The summed E-state index contributed by atoms with van der Waals surface area (Å²) in [6.45, 7) is 5.62. The highest BCUT2D eigenvalue weighted by Gasteiger charge is 2.25. The average Bonchev–Trinajstić information content (AvgIpc) is 2.37. The highest BCUT2D eigenvalue weighted by atomic mass is 32.2. The summed E-state index contributed by atoms with van der Waals surface area (Å²) in [4.78, 5) is 10.9. The van der Waals surface area contributed by atoms with Gasteiger partial charge in [0.15, 0.2) is 0 Å². The molecule has 1 atom stereocenters. The molecule has 0 saturated carbocycles. The van der Waals surface area contributed by atoms with Crippen molar-refractivity contribution in [1.82, 2.24) is 4.72 Å². The van der Waals surface area contributed by atoms with Crippen molar-refractivity contribution in [3.05, 3.63) is 29.8 Å². The smallest absolute Gasteiger partial charge is 0.321 e. The number of benzene rings is 1. The van der Waals surface area contributed by atoms with Gasteiger partial charge in [-0.3, -0.25) is 4.79 Å². The van der Waals surface area contributed by atoms with E-state index in [1.165, 1.54) is 12.1 Å². The van der Waals surface area contributed by atoms with E-state index in [1.54, 1.807) is 12.1 Å². The van der Waals surface area contributed by atoms with Gasteiger partial charge in [-0.1, -0.05) is 32.9 Å². The van der Waals surface area contributed by atoms with Gasteiger partial charge in [-0.2, -0.15) is 4.72 Å². The molecule has 0 saturated heterocycles. The molecule has 0 bridgehead atoms. The van der Waals surface area contributed by atoms with Crippen molar-refractivity contribution < 1.29 is 23.4 Å². The van der Waals surface area contributed by atoms with Gasteiger partial charge >= 0.3 is 5.97 Å². The van der Waals surface area contributed by atoms with Gasteiger partial charge in [0.2, 0.25) is 10.0 Å². The number of carboxylic acids is 1. The Morgan fingerprint density at radius 3 is 2.14 bits per heavy atom. The molecular weight excluding hydrogens is 294 g/mol. The molecule has 0 aliphatic rings. The molecule has 0 aliphatic heterocycles. The van der Waals surface area contributed by atoms with Gasteiger partial charge in [-0.15, -0.1) is 0 Å². The number of aliphatic hydroxyl groups is 1. The number of sulfonamides is 1. The molecule has 0 fully saturated rings. The van der Waals surface area contributed by atoms with Crippen LogP contribution in [0, 0.1) is 0 Å². The number of hydrogen-bond acceptors (Lipinski definition) is 4. The first-order valence-electron chi connectivity index (χ1n) is 6.54. The Bertz CT molecular complexity index is 587. The van der Waals surface area contributed by atoms with Gasteiger partial charge in [0.1, 0.15) is 6.04 Å². The summed E-state index contributed by atoms with van der Waals surface area (Å²) in [5.74, 6) is -1.32. The van der Waals surface area contributed by atoms with E-state index in [0.717, 1.165) is 5.56 Å². The second-order valence-electron chi connectivity index (χ2n) is 5.80. The van der Waals surface area contributed by atoms with E-state index in [1.807, 2.05) is 20.8 Å². The van der Waals surface area contributed by atoms with Crippen LogP contribution in [0.1, 0.15) is 32.8 Å². The number of hydrogen-bond donors (Lipinski definition) is 3. The predicted octanol–water partition coefficient (Wildman–Crippen LogP) is 1.10. The maximum atomic E-state index is 12.1. The van der Waals surface area contributed by atoms with E-state index in [-0.39, 0.29) is 16.7 Å². The van der Waals surface area contributed by atoms with Crippen molar-refractivity contribution >= 4 is 16.0 Å². The lowest BCUT2D eigenvalue weighted by Crippen LogP contribution is -2.41. The zero-order valence-electron chi connectivity index (χ0n) is 12.3. The van der Waals surface area contributed by atoms with Crippen LogP contribution in [-0.4, -0.2) is 37.2 Å².